The van der Waals surface area contributed by atoms with Gasteiger partial charge in [-0.25, -0.2) is 0 Å². The molecule has 0 unspecified atom stereocenters. The molecule has 0 aliphatic heterocycles. The number of ether oxygens (including phenoxy) is 1. The molecule has 1 aromatic carbocycles. The first-order chi connectivity index (χ1) is 10.1. The third kappa shape index (κ3) is 5.58. The SMILES string of the molecule is CCC(CC)C(=O)N(CCC(=O)OC)Cc1ccccc1. The van der Waals surface area contributed by atoms with Gasteiger partial charge in [0.2, 0.25) is 5.91 Å². The van der Waals surface area contributed by atoms with Crippen molar-refractivity contribution in [2.75, 3.05) is 13.7 Å². The van der Waals surface area contributed by atoms with Crippen LogP contribution in [0.15, 0.2) is 30.3 Å². The minimum atomic E-state index is -0.287. The van der Waals surface area contributed by atoms with Crippen LogP contribution in [0.5, 0.6) is 0 Å². The minimum absolute atomic E-state index is 0.0198. The predicted octanol–water partition coefficient (Wildman–Crippen LogP) is 3.01. The van der Waals surface area contributed by atoms with Gasteiger partial charge in [-0.2, -0.15) is 0 Å². The molecule has 4 nitrogen and oxygen atoms in total. The van der Waals surface area contributed by atoms with Crippen molar-refractivity contribution >= 4 is 11.9 Å². The Morgan fingerprint density at radius 3 is 2.29 bits per heavy atom. The van der Waals surface area contributed by atoms with Crippen LogP contribution in [0.25, 0.3) is 0 Å². The molecule has 0 fully saturated rings. The molecule has 0 aliphatic carbocycles. The first-order valence-corrected chi connectivity index (χ1v) is 7.51. The van der Waals surface area contributed by atoms with Gasteiger partial charge < -0.3 is 9.64 Å². The van der Waals surface area contributed by atoms with Crippen molar-refractivity contribution in [2.24, 2.45) is 5.92 Å². The van der Waals surface area contributed by atoms with Crippen LogP contribution in [0, 0.1) is 5.92 Å². The Morgan fingerprint density at radius 1 is 1.14 bits per heavy atom. The van der Waals surface area contributed by atoms with Gasteiger partial charge in [-0.15, -0.1) is 0 Å². The Balaban J connectivity index is 2.78. The summed E-state index contributed by atoms with van der Waals surface area (Å²) in [6.45, 7) is 4.98. The van der Waals surface area contributed by atoms with Gasteiger partial charge in [0.25, 0.3) is 0 Å². The first-order valence-electron chi connectivity index (χ1n) is 7.51. The third-order valence-electron chi connectivity index (χ3n) is 3.68. The highest BCUT2D eigenvalue weighted by molar-refractivity contribution is 5.79. The van der Waals surface area contributed by atoms with E-state index in [1.807, 2.05) is 44.2 Å². The number of methoxy groups -OCH3 is 1. The summed E-state index contributed by atoms with van der Waals surface area (Å²) in [6.07, 6.45) is 1.87. The molecule has 0 saturated carbocycles. The normalized spacial score (nSPS) is 10.5. The van der Waals surface area contributed by atoms with Crippen molar-refractivity contribution in [3.05, 3.63) is 35.9 Å². The number of nitrogens with zero attached hydrogens (tertiary/aromatic N) is 1. The van der Waals surface area contributed by atoms with Crippen LogP contribution < -0.4 is 0 Å². The quantitative estimate of drug-likeness (QED) is 0.692. The molecule has 0 aliphatic rings. The van der Waals surface area contributed by atoms with E-state index in [0.29, 0.717) is 13.1 Å². The molecule has 21 heavy (non-hydrogen) atoms. The number of hydrogen-bond acceptors (Lipinski definition) is 3. The lowest BCUT2D eigenvalue weighted by atomic mass is 10.0. The molecule has 116 valence electrons. The van der Waals surface area contributed by atoms with E-state index in [4.69, 9.17) is 0 Å². The van der Waals surface area contributed by atoms with E-state index in [9.17, 15) is 9.59 Å². The maximum absolute atomic E-state index is 12.6. The zero-order valence-electron chi connectivity index (χ0n) is 13.2. The van der Waals surface area contributed by atoms with Gasteiger partial charge in [0.1, 0.15) is 0 Å². The summed E-state index contributed by atoms with van der Waals surface area (Å²) in [4.78, 5) is 25.7. The fourth-order valence-electron chi connectivity index (χ4n) is 2.30. The number of amides is 1. The maximum atomic E-state index is 12.6. The average Bonchev–Trinajstić information content (AvgIpc) is 2.53. The molecule has 1 rings (SSSR count). The molecule has 0 aromatic heterocycles. The van der Waals surface area contributed by atoms with Crippen molar-refractivity contribution in [2.45, 2.75) is 39.7 Å². The van der Waals surface area contributed by atoms with Gasteiger partial charge >= 0.3 is 5.97 Å². The summed E-state index contributed by atoms with van der Waals surface area (Å²) in [5, 5.41) is 0. The van der Waals surface area contributed by atoms with Gasteiger partial charge in [-0.3, -0.25) is 9.59 Å². The van der Waals surface area contributed by atoms with E-state index in [0.717, 1.165) is 18.4 Å². The van der Waals surface area contributed by atoms with Crippen LogP contribution in [0.1, 0.15) is 38.7 Å². The van der Waals surface area contributed by atoms with Gasteiger partial charge in [0, 0.05) is 19.0 Å². The summed E-state index contributed by atoms with van der Waals surface area (Å²) in [5.74, 6) is -0.149. The van der Waals surface area contributed by atoms with Crippen molar-refractivity contribution < 1.29 is 14.3 Å². The fourth-order valence-corrected chi connectivity index (χ4v) is 2.30. The number of benzene rings is 1. The van der Waals surface area contributed by atoms with Crippen LogP contribution in [0.3, 0.4) is 0 Å². The summed E-state index contributed by atoms with van der Waals surface area (Å²) in [6, 6.07) is 9.84. The molecule has 0 heterocycles. The van der Waals surface area contributed by atoms with E-state index in [1.54, 1.807) is 4.90 Å². The molecule has 0 N–H and O–H groups in total. The van der Waals surface area contributed by atoms with Crippen LogP contribution >= 0.6 is 0 Å². The number of carbonyl (C=O) groups is 2. The Labute approximate surface area is 127 Å². The maximum Gasteiger partial charge on any atom is 0.307 e. The first kappa shape index (κ1) is 17.2. The van der Waals surface area contributed by atoms with Crippen LogP contribution in [0.2, 0.25) is 0 Å². The minimum Gasteiger partial charge on any atom is -0.469 e. The number of esters is 1. The Hall–Kier alpha value is -1.84. The van der Waals surface area contributed by atoms with Gasteiger partial charge in [-0.05, 0) is 18.4 Å². The van der Waals surface area contributed by atoms with Crippen molar-refractivity contribution in [1.29, 1.82) is 0 Å². The molecule has 1 aromatic rings. The van der Waals surface area contributed by atoms with E-state index < -0.39 is 0 Å². The Bertz CT molecular complexity index is 441. The zero-order chi connectivity index (χ0) is 15.7. The van der Waals surface area contributed by atoms with Crippen molar-refractivity contribution in [3.8, 4) is 0 Å². The monoisotopic (exact) mass is 291 g/mol. The van der Waals surface area contributed by atoms with E-state index in [1.165, 1.54) is 7.11 Å². The standard InChI is InChI=1S/C17H25NO3/c1-4-15(5-2)17(20)18(12-11-16(19)21-3)13-14-9-7-6-8-10-14/h6-10,15H,4-5,11-13H2,1-3H3. The summed E-state index contributed by atoms with van der Waals surface area (Å²) < 4.78 is 4.67. The molecule has 1 amide bonds. The van der Waals surface area contributed by atoms with Crippen LogP contribution in [-0.4, -0.2) is 30.4 Å². The zero-order valence-corrected chi connectivity index (χ0v) is 13.2. The fraction of sp³-hybridized carbons (Fsp3) is 0.529. The summed E-state index contributed by atoms with van der Waals surface area (Å²) in [7, 11) is 1.37. The highest BCUT2D eigenvalue weighted by Crippen LogP contribution is 2.15. The molecule has 0 radical (unpaired) electrons. The second kappa shape index (κ2) is 9.16. The molecule has 0 spiro atoms. The lowest BCUT2D eigenvalue weighted by Crippen LogP contribution is -2.37. The van der Waals surface area contributed by atoms with E-state index in [2.05, 4.69) is 4.74 Å². The molecular formula is C17H25NO3. The van der Waals surface area contributed by atoms with Crippen LogP contribution in [-0.2, 0) is 20.9 Å². The number of carbonyl (C=O) groups excluding carboxylic acids is 2. The van der Waals surface area contributed by atoms with Gasteiger partial charge in [-0.1, -0.05) is 44.2 Å². The predicted molar refractivity (Wildman–Crippen MR) is 82.6 cm³/mol. The third-order valence-corrected chi connectivity index (χ3v) is 3.68. The van der Waals surface area contributed by atoms with Crippen LogP contribution in [0.4, 0.5) is 0 Å². The van der Waals surface area contributed by atoms with Gasteiger partial charge in [0.05, 0.1) is 13.5 Å². The summed E-state index contributed by atoms with van der Waals surface area (Å²) >= 11 is 0. The Morgan fingerprint density at radius 2 is 1.76 bits per heavy atom. The van der Waals surface area contributed by atoms with E-state index in [-0.39, 0.29) is 24.2 Å². The lowest BCUT2D eigenvalue weighted by molar-refractivity contribution is -0.142. The smallest absolute Gasteiger partial charge is 0.307 e. The topological polar surface area (TPSA) is 46.6 Å². The molecule has 4 heteroatoms. The largest absolute Gasteiger partial charge is 0.469 e. The lowest BCUT2D eigenvalue weighted by Gasteiger charge is -2.26. The second-order valence-corrected chi connectivity index (χ2v) is 5.08. The second-order valence-electron chi connectivity index (χ2n) is 5.08. The molecule has 0 bridgehead atoms. The molecule has 0 saturated heterocycles. The van der Waals surface area contributed by atoms with Gasteiger partial charge in [0.15, 0.2) is 0 Å². The molecule has 0 atom stereocenters. The highest BCUT2D eigenvalue weighted by Gasteiger charge is 2.22. The molecular weight excluding hydrogens is 266 g/mol. The Kier molecular flexibility index (Phi) is 7.51. The summed E-state index contributed by atoms with van der Waals surface area (Å²) in [5.41, 5.74) is 1.07. The van der Waals surface area contributed by atoms with Crippen molar-refractivity contribution in [1.82, 2.24) is 4.90 Å². The number of hydrogen-bond donors (Lipinski definition) is 0. The number of rotatable bonds is 8. The average molecular weight is 291 g/mol. The highest BCUT2D eigenvalue weighted by atomic mass is 16.5. The van der Waals surface area contributed by atoms with E-state index >= 15 is 0 Å². The van der Waals surface area contributed by atoms with Crippen molar-refractivity contribution in [3.63, 3.8) is 0 Å².